The van der Waals surface area contributed by atoms with Crippen LogP contribution in [0.4, 0.5) is 48.3 Å². The summed E-state index contributed by atoms with van der Waals surface area (Å²) in [5, 5.41) is 5.68. The Morgan fingerprint density at radius 3 is 1.73 bits per heavy atom. The first-order valence-electron chi connectivity index (χ1n) is 6.23. The fourth-order valence-corrected chi connectivity index (χ4v) is 1.99. The Morgan fingerprint density at radius 1 is 0.769 bits per heavy atom. The summed E-state index contributed by atoms with van der Waals surface area (Å²) in [5.74, 6) is -6.54. The number of nitrogens with zero attached hydrogens (tertiary/aromatic N) is 3. The van der Waals surface area contributed by atoms with Crippen LogP contribution in [0.3, 0.4) is 0 Å². The lowest BCUT2D eigenvalue weighted by Crippen LogP contribution is -2.44. The van der Waals surface area contributed by atoms with E-state index < -0.39 is 51.4 Å². The highest BCUT2D eigenvalue weighted by Gasteiger charge is 2.67. The highest BCUT2D eigenvalue weighted by molar-refractivity contribution is 5.79. The molecule has 1 aromatic carbocycles. The number of hydrogen-bond acceptors (Lipinski definition) is 2. The van der Waals surface area contributed by atoms with Crippen LogP contribution >= 0.6 is 0 Å². The molecule has 1 aromatic heterocycles. The van der Waals surface area contributed by atoms with E-state index in [-0.39, 0.29) is 0 Å². The van der Waals surface area contributed by atoms with Crippen LogP contribution in [0.2, 0.25) is 0 Å². The monoisotopic (exact) mass is 399 g/mol. The zero-order valence-corrected chi connectivity index (χ0v) is 11.8. The summed E-state index contributed by atoms with van der Waals surface area (Å²) < 4.78 is 142. The molecule has 0 fully saturated rings. The molecule has 26 heavy (non-hydrogen) atoms. The van der Waals surface area contributed by atoms with Crippen LogP contribution in [0.5, 0.6) is 0 Å². The van der Waals surface area contributed by atoms with Crippen molar-refractivity contribution in [3.05, 3.63) is 29.8 Å². The minimum atomic E-state index is -6.77. The molecule has 2 aromatic rings. The van der Waals surface area contributed by atoms with Gasteiger partial charge < -0.3 is 0 Å². The SMILES string of the molecule is FC(F)(F)C(=C(n1nnc2ccccc21)C(F)(F)C(F)(F)F)C(F)(F)F. The van der Waals surface area contributed by atoms with Gasteiger partial charge in [0, 0.05) is 0 Å². The summed E-state index contributed by atoms with van der Waals surface area (Å²) in [7, 11) is 0. The lowest BCUT2D eigenvalue weighted by Gasteiger charge is -2.27. The average molecular weight is 399 g/mol. The predicted molar refractivity (Wildman–Crippen MR) is 63.9 cm³/mol. The lowest BCUT2D eigenvalue weighted by atomic mass is 10.1. The van der Waals surface area contributed by atoms with Gasteiger partial charge in [-0.3, -0.25) is 0 Å². The predicted octanol–water partition coefficient (Wildman–Crippen LogP) is 4.96. The van der Waals surface area contributed by atoms with Crippen molar-refractivity contribution < 1.29 is 48.3 Å². The lowest BCUT2D eigenvalue weighted by molar-refractivity contribution is -0.258. The highest BCUT2D eigenvalue weighted by atomic mass is 19.4. The normalized spacial score (nSPS) is 14.0. The molecule has 0 N–H and O–H groups in total. The minimum absolute atomic E-state index is 0.494. The number of para-hydroxylation sites is 1. The molecule has 3 nitrogen and oxygen atoms in total. The Labute approximate surface area is 135 Å². The van der Waals surface area contributed by atoms with E-state index in [0.29, 0.717) is 6.07 Å². The number of benzene rings is 1. The summed E-state index contributed by atoms with van der Waals surface area (Å²) in [6, 6.07) is 3.78. The maximum absolute atomic E-state index is 13.7. The molecule has 0 aliphatic rings. The number of allylic oxidation sites excluding steroid dienone is 2. The molecule has 0 aliphatic carbocycles. The third-order valence-electron chi connectivity index (χ3n) is 3.02. The van der Waals surface area contributed by atoms with E-state index in [0.717, 1.165) is 12.1 Å². The Hall–Kier alpha value is -2.41. The first kappa shape index (κ1) is 19.9. The number of rotatable bonds is 2. The van der Waals surface area contributed by atoms with Gasteiger partial charge in [0.1, 0.15) is 11.2 Å². The second-order valence-electron chi connectivity index (χ2n) is 4.78. The van der Waals surface area contributed by atoms with Crippen LogP contribution in [-0.4, -0.2) is 39.4 Å². The van der Waals surface area contributed by atoms with Gasteiger partial charge in [-0.1, -0.05) is 17.3 Å². The molecule has 0 atom stereocenters. The number of fused-ring (bicyclic) bond motifs is 1. The number of halogens is 11. The second kappa shape index (κ2) is 5.81. The van der Waals surface area contributed by atoms with E-state index in [1.54, 1.807) is 0 Å². The van der Waals surface area contributed by atoms with Crippen LogP contribution in [0, 0.1) is 0 Å². The number of hydrogen-bond donors (Lipinski definition) is 0. The molecule has 2 rings (SSSR count). The molecule has 0 amide bonds. The first-order valence-corrected chi connectivity index (χ1v) is 6.23. The third kappa shape index (κ3) is 3.31. The zero-order chi connectivity index (χ0) is 20.1. The van der Waals surface area contributed by atoms with E-state index in [2.05, 4.69) is 10.3 Å². The van der Waals surface area contributed by atoms with Crippen LogP contribution in [-0.2, 0) is 0 Å². The number of alkyl halides is 11. The van der Waals surface area contributed by atoms with Crippen LogP contribution in [0.25, 0.3) is 16.7 Å². The highest BCUT2D eigenvalue weighted by Crippen LogP contribution is 2.51. The maximum Gasteiger partial charge on any atom is 0.459 e. The Bertz CT molecular complexity index is 822. The topological polar surface area (TPSA) is 30.7 Å². The Balaban J connectivity index is 3.04. The molecule has 1 heterocycles. The van der Waals surface area contributed by atoms with Gasteiger partial charge in [0.15, 0.2) is 5.57 Å². The van der Waals surface area contributed by atoms with E-state index in [9.17, 15) is 48.3 Å². The van der Waals surface area contributed by atoms with E-state index in [1.165, 1.54) is 6.07 Å². The van der Waals surface area contributed by atoms with Gasteiger partial charge in [-0.2, -0.15) is 48.3 Å². The third-order valence-corrected chi connectivity index (χ3v) is 3.02. The number of aromatic nitrogens is 3. The average Bonchev–Trinajstić information content (AvgIpc) is 2.84. The van der Waals surface area contributed by atoms with Crippen molar-refractivity contribution in [2.75, 3.05) is 0 Å². The minimum Gasteiger partial charge on any atom is -0.210 e. The molecule has 0 bridgehead atoms. The molecule has 0 saturated heterocycles. The van der Waals surface area contributed by atoms with Crippen LogP contribution in [0.1, 0.15) is 0 Å². The van der Waals surface area contributed by atoms with Gasteiger partial charge in [-0.05, 0) is 12.1 Å². The van der Waals surface area contributed by atoms with Crippen molar-refractivity contribution in [1.82, 2.24) is 15.0 Å². The molecule has 0 aliphatic heterocycles. The molecule has 0 saturated carbocycles. The van der Waals surface area contributed by atoms with Crippen molar-refractivity contribution in [2.24, 2.45) is 0 Å². The van der Waals surface area contributed by atoms with Crippen molar-refractivity contribution >= 4 is 16.7 Å². The largest absolute Gasteiger partial charge is 0.459 e. The van der Waals surface area contributed by atoms with Crippen LogP contribution in [0.15, 0.2) is 29.8 Å². The summed E-state index contributed by atoms with van der Waals surface area (Å²) >= 11 is 0. The molecule has 0 radical (unpaired) electrons. The van der Waals surface area contributed by atoms with Gasteiger partial charge in [-0.15, -0.1) is 5.10 Å². The molecular weight excluding hydrogens is 395 g/mol. The molecule has 0 spiro atoms. The summed E-state index contributed by atoms with van der Waals surface area (Å²) in [6.45, 7) is 0. The van der Waals surface area contributed by atoms with Gasteiger partial charge in [0.25, 0.3) is 0 Å². The van der Waals surface area contributed by atoms with Crippen molar-refractivity contribution in [3.8, 4) is 0 Å². The van der Waals surface area contributed by atoms with Crippen molar-refractivity contribution in [3.63, 3.8) is 0 Å². The zero-order valence-electron chi connectivity index (χ0n) is 11.8. The van der Waals surface area contributed by atoms with E-state index in [1.807, 2.05) is 0 Å². The van der Waals surface area contributed by atoms with Gasteiger partial charge in [-0.25, -0.2) is 4.68 Å². The summed E-state index contributed by atoms with van der Waals surface area (Å²) in [6.07, 6.45) is -19.9. The van der Waals surface area contributed by atoms with Crippen molar-refractivity contribution in [1.29, 1.82) is 0 Å². The molecule has 0 unspecified atom stereocenters. The summed E-state index contributed by atoms with van der Waals surface area (Å²) in [5.41, 5.74) is -8.87. The van der Waals surface area contributed by atoms with Gasteiger partial charge in [0.05, 0.1) is 5.52 Å². The Kier molecular flexibility index (Phi) is 4.45. The molecule has 14 heteroatoms. The fraction of sp³-hybridized carbons (Fsp3) is 0.333. The molecular formula is C12H4F11N3. The molecule has 144 valence electrons. The quantitative estimate of drug-likeness (QED) is 0.669. The second-order valence-corrected chi connectivity index (χ2v) is 4.78. The van der Waals surface area contributed by atoms with Crippen LogP contribution < -0.4 is 0 Å². The smallest absolute Gasteiger partial charge is 0.210 e. The van der Waals surface area contributed by atoms with Gasteiger partial charge in [0.2, 0.25) is 0 Å². The van der Waals surface area contributed by atoms with E-state index in [4.69, 9.17) is 0 Å². The fourth-order valence-electron chi connectivity index (χ4n) is 1.99. The summed E-state index contributed by atoms with van der Waals surface area (Å²) in [4.78, 5) is 0. The maximum atomic E-state index is 13.7. The van der Waals surface area contributed by atoms with Gasteiger partial charge >= 0.3 is 24.5 Å². The first-order chi connectivity index (χ1) is 11.6. The standard InChI is InChI=1S/C12H4F11N3/c13-9(14,12(21,22)23)8(7(10(15,16)17)11(18,19)20)26-6-4-2-1-3-5(6)24-25-26/h1-4H. The Morgan fingerprint density at radius 2 is 1.27 bits per heavy atom. The van der Waals surface area contributed by atoms with E-state index >= 15 is 0 Å². The van der Waals surface area contributed by atoms with Crippen molar-refractivity contribution in [2.45, 2.75) is 24.5 Å².